The van der Waals surface area contributed by atoms with Crippen molar-refractivity contribution in [3.05, 3.63) is 96.1 Å². The van der Waals surface area contributed by atoms with Gasteiger partial charge < -0.3 is 14.6 Å². The molecule has 1 aliphatic heterocycles. The predicted octanol–water partition coefficient (Wildman–Crippen LogP) is 4.82. The number of furan rings is 1. The van der Waals surface area contributed by atoms with Gasteiger partial charge in [0.25, 0.3) is 5.91 Å². The van der Waals surface area contributed by atoms with Gasteiger partial charge in [0.1, 0.15) is 11.9 Å². The Labute approximate surface area is 185 Å². The van der Waals surface area contributed by atoms with Crippen molar-refractivity contribution in [3.8, 4) is 17.3 Å². The molecule has 4 aromatic rings. The lowest BCUT2D eigenvalue weighted by Crippen LogP contribution is -2.42. The SMILES string of the molecule is N#CCCn1cc([C@@H]2Nc3ccccc3C(=O)N2Cc2ccco2)c(-c2ccccc2)n1. The molecule has 1 aliphatic rings. The standard InChI is InChI=1S/C25H21N5O2/c26-13-7-14-29-17-21(23(28-29)18-8-2-1-3-9-18)24-27-22-12-5-4-11-20(22)25(31)30(24)16-19-10-6-15-32-19/h1-6,8-12,15,17,24,27H,7,14,16H2/t24-/m1/s1. The first kappa shape index (κ1) is 19.6. The second-order valence-corrected chi connectivity index (χ2v) is 7.58. The molecular formula is C25H21N5O2. The normalized spacial score (nSPS) is 15.2. The molecule has 3 heterocycles. The fourth-order valence-electron chi connectivity index (χ4n) is 4.01. The number of para-hydroxylation sites is 1. The monoisotopic (exact) mass is 423 g/mol. The summed E-state index contributed by atoms with van der Waals surface area (Å²) in [6.45, 7) is 0.793. The van der Waals surface area contributed by atoms with E-state index in [0.29, 0.717) is 30.8 Å². The van der Waals surface area contributed by atoms with Crippen LogP contribution in [0.4, 0.5) is 5.69 Å². The van der Waals surface area contributed by atoms with Crippen LogP contribution < -0.4 is 5.32 Å². The lowest BCUT2D eigenvalue weighted by Gasteiger charge is -2.37. The van der Waals surface area contributed by atoms with Gasteiger partial charge in [-0.2, -0.15) is 10.4 Å². The number of anilines is 1. The molecule has 0 unspecified atom stereocenters. The Balaban J connectivity index is 1.63. The van der Waals surface area contributed by atoms with Gasteiger partial charge in [-0.25, -0.2) is 0 Å². The van der Waals surface area contributed by atoms with Crippen molar-refractivity contribution >= 4 is 11.6 Å². The van der Waals surface area contributed by atoms with Crippen LogP contribution in [0.1, 0.15) is 34.3 Å². The summed E-state index contributed by atoms with van der Waals surface area (Å²) in [6, 6.07) is 23.2. The van der Waals surface area contributed by atoms with Crippen molar-refractivity contribution in [1.29, 1.82) is 5.26 Å². The maximum Gasteiger partial charge on any atom is 0.258 e. The molecule has 7 heteroatoms. The molecule has 2 aromatic heterocycles. The number of benzene rings is 2. The Bertz CT molecular complexity index is 1270. The number of carbonyl (C=O) groups excluding carboxylic acids is 1. The number of aromatic nitrogens is 2. The fraction of sp³-hybridized carbons (Fsp3) is 0.160. The molecule has 1 N–H and O–H groups in total. The summed E-state index contributed by atoms with van der Waals surface area (Å²) in [5.41, 5.74) is 3.99. The molecule has 1 atom stereocenters. The lowest BCUT2D eigenvalue weighted by atomic mass is 10.0. The van der Waals surface area contributed by atoms with E-state index >= 15 is 0 Å². The van der Waals surface area contributed by atoms with E-state index in [2.05, 4.69) is 11.4 Å². The summed E-state index contributed by atoms with van der Waals surface area (Å²) in [5.74, 6) is 0.618. The third kappa shape index (κ3) is 3.63. The third-order valence-corrected chi connectivity index (χ3v) is 5.51. The number of nitrogens with one attached hydrogen (secondary N) is 1. The van der Waals surface area contributed by atoms with Gasteiger partial charge in [0, 0.05) is 23.0 Å². The van der Waals surface area contributed by atoms with Crippen molar-refractivity contribution in [2.24, 2.45) is 0 Å². The van der Waals surface area contributed by atoms with E-state index in [1.54, 1.807) is 15.8 Å². The van der Waals surface area contributed by atoms with Gasteiger partial charge in [-0.15, -0.1) is 0 Å². The second-order valence-electron chi connectivity index (χ2n) is 7.58. The van der Waals surface area contributed by atoms with E-state index in [1.807, 2.05) is 72.9 Å². The highest BCUT2D eigenvalue weighted by Gasteiger charge is 2.35. The van der Waals surface area contributed by atoms with E-state index in [4.69, 9.17) is 14.8 Å². The van der Waals surface area contributed by atoms with Crippen LogP contribution in [0, 0.1) is 11.3 Å². The Morgan fingerprint density at radius 1 is 1.06 bits per heavy atom. The van der Waals surface area contributed by atoms with Crippen molar-refractivity contribution in [2.75, 3.05) is 5.32 Å². The number of carbonyl (C=O) groups is 1. The summed E-state index contributed by atoms with van der Waals surface area (Å²) in [7, 11) is 0. The number of amides is 1. The summed E-state index contributed by atoms with van der Waals surface area (Å²) in [5, 5.41) is 17.3. The van der Waals surface area contributed by atoms with E-state index in [9.17, 15) is 4.79 Å². The van der Waals surface area contributed by atoms with Crippen LogP contribution in [0.2, 0.25) is 0 Å². The minimum atomic E-state index is -0.450. The topological polar surface area (TPSA) is 87.1 Å². The first-order valence-electron chi connectivity index (χ1n) is 10.4. The van der Waals surface area contributed by atoms with Crippen molar-refractivity contribution in [3.63, 3.8) is 0 Å². The number of hydrogen-bond donors (Lipinski definition) is 1. The van der Waals surface area contributed by atoms with E-state index in [0.717, 1.165) is 22.5 Å². The molecule has 0 saturated carbocycles. The number of nitrogens with zero attached hydrogens (tertiary/aromatic N) is 4. The number of hydrogen-bond acceptors (Lipinski definition) is 5. The third-order valence-electron chi connectivity index (χ3n) is 5.51. The summed E-state index contributed by atoms with van der Waals surface area (Å²) < 4.78 is 7.33. The van der Waals surface area contributed by atoms with Gasteiger partial charge in [0.15, 0.2) is 0 Å². The molecule has 0 aliphatic carbocycles. The van der Waals surface area contributed by atoms with Crippen molar-refractivity contribution in [2.45, 2.75) is 25.7 Å². The zero-order chi connectivity index (χ0) is 21.9. The van der Waals surface area contributed by atoms with Crippen LogP contribution in [0.3, 0.4) is 0 Å². The Morgan fingerprint density at radius 2 is 1.88 bits per heavy atom. The van der Waals surface area contributed by atoms with Gasteiger partial charge in [-0.3, -0.25) is 9.48 Å². The minimum Gasteiger partial charge on any atom is -0.467 e. The lowest BCUT2D eigenvalue weighted by molar-refractivity contribution is 0.0652. The van der Waals surface area contributed by atoms with E-state index in [-0.39, 0.29) is 5.91 Å². The summed E-state index contributed by atoms with van der Waals surface area (Å²) >= 11 is 0. The highest BCUT2D eigenvalue weighted by Crippen LogP contribution is 2.38. The minimum absolute atomic E-state index is 0.0791. The van der Waals surface area contributed by atoms with Gasteiger partial charge in [-0.05, 0) is 24.3 Å². The summed E-state index contributed by atoms with van der Waals surface area (Å²) in [6.07, 6.45) is 3.43. The molecule has 0 radical (unpaired) electrons. The maximum atomic E-state index is 13.5. The molecule has 1 amide bonds. The molecule has 5 rings (SSSR count). The molecular weight excluding hydrogens is 402 g/mol. The molecule has 0 saturated heterocycles. The zero-order valence-electron chi connectivity index (χ0n) is 17.3. The predicted molar refractivity (Wildman–Crippen MR) is 119 cm³/mol. The fourth-order valence-corrected chi connectivity index (χ4v) is 4.01. The first-order valence-corrected chi connectivity index (χ1v) is 10.4. The van der Waals surface area contributed by atoms with Crippen LogP contribution in [0.15, 0.2) is 83.6 Å². The number of nitriles is 1. The van der Waals surface area contributed by atoms with Gasteiger partial charge in [0.05, 0.1) is 43.1 Å². The smallest absolute Gasteiger partial charge is 0.258 e. The van der Waals surface area contributed by atoms with Crippen LogP contribution >= 0.6 is 0 Å². The highest BCUT2D eigenvalue weighted by molar-refractivity contribution is 6.01. The number of fused-ring (bicyclic) bond motifs is 1. The molecule has 0 bridgehead atoms. The highest BCUT2D eigenvalue weighted by atomic mass is 16.3. The van der Waals surface area contributed by atoms with Crippen LogP contribution in [0.25, 0.3) is 11.3 Å². The molecule has 7 nitrogen and oxygen atoms in total. The Morgan fingerprint density at radius 3 is 2.66 bits per heavy atom. The second kappa shape index (κ2) is 8.44. The van der Waals surface area contributed by atoms with Crippen LogP contribution in [-0.2, 0) is 13.1 Å². The van der Waals surface area contributed by atoms with Crippen LogP contribution in [0.5, 0.6) is 0 Å². The van der Waals surface area contributed by atoms with Crippen molar-refractivity contribution < 1.29 is 9.21 Å². The molecule has 0 fully saturated rings. The van der Waals surface area contributed by atoms with Gasteiger partial charge in [-0.1, -0.05) is 42.5 Å². The number of aryl methyl sites for hydroxylation is 1. The molecule has 2 aromatic carbocycles. The quantitative estimate of drug-likeness (QED) is 0.480. The average Bonchev–Trinajstić information content (AvgIpc) is 3.50. The summed E-state index contributed by atoms with van der Waals surface area (Å²) in [4.78, 5) is 15.3. The largest absolute Gasteiger partial charge is 0.467 e. The van der Waals surface area contributed by atoms with Gasteiger partial charge in [0.2, 0.25) is 0 Å². The van der Waals surface area contributed by atoms with E-state index < -0.39 is 6.17 Å². The first-order chi connectivity index (χ1) is 15.7. The van der Waals surface area contributed by atoms with E-state index in [1.165, 1.54) is 0 Å². The molecule has 32 heavy (non-hydrogen) atoms. The molecule has 0 spiro atoms. The number of rotatable bonds is 6. The molecule has 158 valence electrons. The Hall–Kier alpha value is -4.31. The average molecular weight is 423 g/mol. The zero-order valence-corrected chi connectivity index (χ0v) is 17.3. The van der Waals surface area contributed by atoms with Gasteiger partial charge >= 0.3 is 0 Å². The van der Waals surface area contributed by atoms with Crippen molar-refractivity contribution in [1.82, 2.24) is 14.7 Å². The Kier molecular flexibility index (Phi) is 5.18. The van der Waals surface area contributed by atoms with Crippen LogP contribution in [-0.4, -0.2) is 20.6 Å². The maximum absolute atomic E-state index is 13.5.